The fourth-order valence-electron chi connectivity index (χ4n) is 4.31. The first-order chi connectivity index (χ1) is 14.4. The van der Waals surface area contributed by atoms with Crippen LogP contribution in [-0.4, -0.2) is 30.1 Å². The molecule has 5 heteroatoms. The fourth-order valence-corrected chi connectivity index (χ4v) is 5.36. The van der Waals surface area contributed by atoms with Crippen molar-refractivity contribution in [3.63, 3.8) is 0 Å². The van der Waals surface area contributed by atoms with Gasteiger partial charge in [-0.05, 0) is 74.4 Å². The summed E-state index contributed by atoms with van der Waals surface area (Å²) < 4.78 is 7.00. The van der Waals surface area contributed by atoms with E-state index in [4.69, 9.17) is 9.72 Å². The van der Waals surface area contributed by atoms with Crippen molar-refractivity contribution in [3.8, 4) is 0 Å². The van der Waals surface area contributed by atoms with E-state index in [9.17, 15) is 4.79 Å². The molecule has 30 heavy (non-hydrogen) atoms. The molecule has 1 aliphatic heterocycles. The summed E-state index contributed by atoms with van der Waals surface area (Å²) in [6.45, 7) is 9.80. The molecule has 0 radical (unpaired) electrons. The number of carbonyl (C=O) groups excluding carboxylic acids is 1. The summed E-state index contributed by atoms with van der Waals surface area (Å²) in [5.41, 5.74) is 6.96. The van der Waals surface area contributed by atoms with E-state index >= 15 is 0 Å². The third-order valence-corrected chi connectivity index (χ3v) is 7.00. The Morgan fingerprint density at radius 1 is 1.20 bits per heavy atom. The van der Waals surface area contributed by atoms with Crippen molar-refractivity contribution in [2.75, 3.05) is 18.1 Å². The number of aromatic nitrogens is 1. The molecule has 1 saturated heterocycles. The maximum absolute atomic E-state index is 13.5. The molecule has 1 aromatic heterocycles. The van der Waals surface area contributed by atoms with Crippen molar-refractivity contribution < 1.29 is 9.53 Å². The summed E-state index contributed by atoms with van der Waals surface area (Å²) in [5.74, 6) is 0.0929. The van der Waals surface area contributed by atoms with Crippen LogP contribution in [0.25, 0.3) is 10.2 Å². The van der Waals surface area contributed by atoms with Crippen molar-refractivity contribution in [2.24, 2.45) is 0 Å². The highest BCUT2D eigenvalue weighted by Gasteiger charge is 2.27. The summed E-state index contributed by atoms with van der Waals surface area (Å²) in [6, 6.07) is 10.7. The second kappa shape index (κ2) is 8.86. The quantitative estimate of drug-likeness (QED) is 0.524. The first-order valence-corrected chi connectivity index (χ1v) is 11.6. The third-order valence-electron chi connectivity index (χ3n) is 5.96. The predicted molar refractivity (Wildman–Crippen MR) is 125 cm³/mol. The highest BCUT2D eigenvalue weighted by atomic mass is 32.1. The largest absolute Gasteiger partial charge is 0.376 e. The summed E-state index contributed by atoms with van der Waals surface area (Å²) >= 11 is 1.61. The molecule has 0 N–H and O–H groups in total. The minimum Gasteiger partial charge on any atom is -0.376 e. The maximum atomic E-state index is 13.5. The van der Waals surface area contributed by atoms with Crippen LogP contribution in [-0.2, 0) is 22.4 Å². The van der Waals surface area contributed by atoms with E-state index in [-0.39, 0.29) is 12.0 Å². The Morgan fingerprint density at radius 2 is 1.97 bits per heavy atom. The molecule has 3 aromatic rings. The van der Waals surface area contributed by atoms with E-state index in [0.29, 0.717) is 13.0 Å². The first-order valence-electron chi connectivity index (χ1n) is 10.8. The summed E-state index contributed by atoms with van der Waals surface area (Å²) in [7, 11) is 0. The van der Waals surface area contributed by atoms with Crippen LogP contribution in [0, 0.1) is 20.8 Å². The van der Waals surface area contributed by atoms with Gasteiger partial charge in [0.1, 0.15) is 0 Å². The Labute approximate surface area is 182 Å². The maximum Gasteiger partial charge on any atom is 0.233 e. The van der Waals surface area contributed by atoms with Crippen LogP contribution in [0.3, 0.4) is 0 Å². The minimum atomic E-state index is 0.0902. The van der Waals surface area contributed by atoms with Crippen molar-refractivity contribution in [3.05, 3.63) is 58.1 Å². The lowest BCUT2D eigenvalue weighted by Crippen LogP contribution is -2.38. The van der Waals surface area contributed by atoms with Crippen LogP contribution in [0.4, 0.5) is 5.13 Å². The second-order valence-corrected chi connectivity index (χ2v) is 9.35. The molecule has 0 aliphatic carbocycles. The van der Waals surface area contributed by atoms with Crippen molar-refractivity contribution in [1.29, 1.82) is 0 Å². The molecule has 1 atom stereocenters. The third kappa shape index (κ3) is 4.42. The molecule has 2 aromatic carbocycles. The van der Waals surface area contributed by atoms with Gasteiger partial charge in [0, 0.05) is 6.61 Å². The molecule has 2 heterocycles. The number of fused-ring (bicyclic) bond motifs is 1. The van der Waals surface area contributed by atoms with Gasteiger partial charge in [0.25, 0.3) is 0 Å². The zero-order chi connectivity index (χ0) is 21.3. The molecule has 0 bridgehead atoms. The number of aryl methyl sites for hydroxylation is 4. The number of nitrogens with zero attached hydrogens (tertiary/aromatic N) is 2. The smallest absolute Gasteiger partial charge is 0.233 e. The monoisotopic (exact) mass is 422 g/mol. The van der Waals surface area contributed by atoms with Gasteiger partial charge in [0.2, 0.25) is 5.91 Å². The van der Waals surface area contributed by atoms with Crippen LogP contribution in [0.5, 0.6) is 0 Å². The van der Waals surface area contributed by atoms with Crippen molar-refractivity contribution in [1.82, 2.24) is 4.98 Å². The molecule has 1 fully saturated rings. The average molecular weight is 423 g/mol. The van der Waals surface area contributed by atoms with Crippen LogP contribution < -0.4 is 4.90 Å². The van der Waals surface area contributed by atoms with E-state index in [1.54, 1.807) is 11.3 Å². The number of ether oxygens (including phenoxy) is 1. The summed E-state index contributed by atoms with van der Waals surface area (Å²) in [6.07, 6.45) is 3.53. The van der Waals surface area contributed by atoms with E-state index in [2.05, 4.69) is 58.0 Å². The van der Waals surface area contributed by atoms with Gasteiger partial charge in [-0.15, -0.1) is 0 Å². The normalized spacial score (nSPS) is 16.3. The molecule has 0 saturated carbocycles. The van der Waals surface area contributed by atoms with Crippen molar-refractivity contribution >= 4 is 32.6 Å². The summed E-state index contributed by atoms with van der Waals surface area (Å²) in [4.78, 5) is 20.2. The second-order valence-electron chi connectivity index (χ2n) is 8.35. The van der Waals surface area contributed by atoms with Gasteiger partial charge in [-0.3, -0.25) is 9.69 Å². The number of hydrogen-bond acceptors (Lipinski definition) is 4. The molecule has 1 unspecified atom stereocenters. The molecule has 4 nitrogen and oxygen atoms in total. The van der Waals surface area contributed by atoms with Gasteiger partial charge in [0.05, 0.1) is 29.3 Å². The zero-order valence-electron chi connectivity index (χ0n) is 18.3. The Hall–Kier alpha value is -2.24. The Morgan fingerprint density at radius 3 is 2.63 bits per heavy atom. The SMILES string of the molecule is CCc1ccc2nc(N(CC3CCCO3)C(=O)Cc3c(C)cc(C)cc3C)sc2c1. The van der Waals surface area contributed by atoms with E-state index in [1.165, 1.54) is 22.3 Å². The Bertz CT molecular complexity index is 1040. The number of amides is 1. The average Bonchev–Trinajstić information content (AvgIpc) is 3.37. The highest BCUT2D eigenvalue weighted by molar-refractivity contribution is 7.22. The van der Waals surface area contributed by atoms with Gasteiger partial charge < -0.3 is 4.74 Å². The van der Waals surface area contributed by atoms with Crippen LogP contribution >= 0.6 is 11.3 Å². The zero-order valence-corrected chi connectivity index (χ0v) is 19.1. The highest BCUT2D eigenvalue weighted by Crippen LogP contribution is 2.31. The van der Waals surface area contributed by atoms with Gasteiger partial charge in [-0.2, -0.15) is 0 Å². The number of anilines is 1. The van der Waals surface area contributed by atoms with Crippen LogP contribution in [0.2, 0.25) is 0 Å². The van der Waals surface area contributed by atoms with E-state index in [0.717, 1.165) is 46.8 Å². The molecule has 4 rings (SSSR count). The lowest BCUT2D eigenvalue weighted by atomic mass is 9.97. The predicted octanol–water partition coefficient (Wildman–Crippen LogP) is 5.54. The topological polar surface area (TPSA) is 42.4 Å². The number of carbonyl (C=O) groups is 1. The van der Waals surface area contributed by atoms with Crippen LogP contribution in [0.1, 0.15) is 47.6 Å². The van der Waals surface area contributed by atoms with Gasteiger partial charge in [0.15, 0.2) is 5.13 Å². The van der Waals surface area contributed by atoms with Gasteiger partial charge >= 0.3 is 0 Å². The molecule has 158 valence electrons. The Balaban J connectivity index is 1.66. The first kappa shape index (κ1) is 21.0. The number of benzene rings is 2. The van der Waals surface area contributed by atoms with Crippen molar-refractivity contribution in [2.45, 2.75) is 59.5 Å². The molecular weight excluding hydrogens is 392 g/mol. The molecule has 1 amide bonds. The van der Waals surface area contributed by atoms with Crippen LogP contribution in [0.15, 0.2) is 30.3 Å². The molecule has 1 aliphatic rings. The Kier molecular flexibility index (Phi) is 6.21. The lowest BCUT2D eigenvalue weighted by Gasteiger charge is -2.24. The number of hydrogen-bond donors (Lipinski definition) is 0. The standard InChI is InChI=1S/C25H30N2O2S/c1-5-19-8-9-22-23(13-19)30-25(26-22)27(15-20-7-6-10-29-20)24(28)14-21-17(3)11-16(2)12-18(21)4/h8-9,11-13,20H,5-7,10,14-15H2,1-4H3. The van der Waals surface area contributed by atoms with E-state index < -0.39 is 0 Å². The molecular formula is C25H30N2O2S. The number of rotatable bonds is 6. The molecule has 0 spiro atoms. The van der Waals surface area contributed by atoms with Gasteiger partial charge in [-0.1, -0.05) is 42.0 Å². The van der Waals surface area contributed by atoms with E-state index in [1.807, 2.05) is 4.90 Å². The lowest BCUT2D eigenvalue weighted by molar-refractivity contribution is -0.118. The fraction of sp³-hybridized carbons (Fsp3) is 0.440. The van der Waals surface area contributed by atoms with Gasteiger partial charge in [-0.25, -0.2) is 4.98 Å². The number of thiazole rings is 1. The minimum absolute atomic E-state index is 0.0902. The summed E-state index contributed by atoms with van der Waals surface area (Å²) in [5, 5.41) is 0.779.